The first kappa shape index (κ1) is 17.1. The Labute approximate surface area is 122 Å². The van der Waals surface area contributed by atoms with E-state index in [4.69, 9.17) is 15.2 Å². The third kappa shape index (κ3) is 4.87. The highest BCUT2D eigenvalue weighted by Gasteiger charge is 2.25. The van der Waals surface area contributed by atoms with Crippen molar-refractivity contribution < 1.29 is 9.47 Å². The summed E-state index contributed by atoms with van der Waals surface area (Å²) < 4.78 is 10.5. The van der Waals surface area contributed by atoms with Gasteiger partial charge in [-0.3, -0.25) is 4.90 Å². The first-order valence-corrected chi connectivity index (χ1v) is 7.16. The van der Waals surface area contributed by atoms with Crippen molar-refractivity contribution in [3.8, 4) is 0 Å². The molecule has 0 aliphatic rings. The van der Waals surface area contributed by atoms with Gasteiger partial charge in [0.2, 0.25) is 0 Å². The monoisotopic (exact) mass is 280 g/mol. The molecule has 1 aromatic rings. The molecule has 20 heavy (non-hydrogen) atoms. The molecule has 0 radical (unpaired) electrons. The Morgan fingerprint density at radius 1 is 1.10 bits per heavy atom. The van der Waals surface area contributed by atoms with Crippen molar-refractivity contribution in [3.63, 3.8) is 0 Å². The molecule has 1 aromatic carbocycles. The summed E-state index contributed by atoms with van der Waals surface area (Å²) in [6.45, 7) is 6.56. The molecule has 0 bridgehead atoms. The number of hydrogen-bond donors (Lipinski definition) is 1. The van der Waals surface area contributed by atoms with Gasteiger partial charge in [-0.1, -0.05) is 30.3 Å². The molecule has 0 aliphatic heterocycles. The maximum atomic E-state index is 6.42. The number of methoxy groups -OCH3 is 2. The average Bonchev–Trinajstić information content (AvgIpc) is 2.48. The minimum absolute atomic E-state index is 0.0210. The molecular weight excluding hydrogens is 252 g/mol. The Morgan fingerprint density at radius 2 is 1.75 bits per heavy atom. The van der Waals surface area contributed by atoms with E-state index in [1.165, 1.54) is 0 Å². The van der Waals surface area contributed by atoms with E-state index in [0.717, 1.165) is 12.1 Å². The molecule has 0 heterocycles. The van der Waals surface area contributed by atoms with Crippen molar-refractivity contribution in [2.45, 2.75) is 32.0 Å². The van der Waals surface area contributed by atoms with E-state index in [1.807, 2.05) is 18.2 Å². The molecule has 1 rings (SSSR count). The maximum absolute atomic E-state index is 6.42. The van der Waals surface area contributed by atoms with Crippen molar-refractivity contribution in [3.05, 3.63) is 35.9 Å². The Kier molecular flexibility index (Phi) is 7.77. The van der Waals surface area contributed by atoms with Crippen molar-refractivity contribution >= 4 is 0 Å². The number of hydrogen-bond acceptors (Lipinski definition) is 4. The summed E-state index contributed by atoms with van der Waals surface area (Å²) in [6.07, 6.45) is 0. The summed E-state index contributed by atoms with van der Waals surface area (Å²) in [5.41, 5.74) is 7.58. The Morgan fingerprint density at radius 3 is 2.30 bits per heavy atom. The lowest BCUT2D eigenvalue weighted by molar-refractivity contribution is 0.0443. The van der Waals surface area contributed by atoms with Crippen molar-refractivity contribution in [2.24, 2.45) is 5.73 Å². The minimum atomic E-state index is -0.0210. The molecule has 0 amide bonds. The van der Waals surface area contributed by atoms with Gasteiger partial charge in [0, 0.05) is 38.9 Å². The lowest BCUT2D eigenvalue weighted by atomic mass is 9.99. The summed E-state index contributed by atoms with van der Waals surface area (Å²) in [6, 6.07) is 10.7. The van der Waals surface area contributed by atoms with E-state index >= 15 is 0 Å². The van der Waals surface area contributed by atoms with E-state index in [0.29, 0.717) is 19.3 Å². The molecule has 114 valence electrons. The van der Waals surface area contributed by atoms with Crippen LogP contribution in [0.15, 0.2) is 30.3 Å². The molecule has 0 aliphatic carbocycles. The summed E-state index contributed by atoms with van der Waals surface area (Å²) in [4.78, 5) is 2.35. The molecule has 2 N–H and O–H groups in total. The van der Waals surface area contributed by atoms with Crippen LogP contribution in [-0.4, -0.2) is 51.0 Å². The quantitative estimate of drug-likeness (QED) is 0.752. The van der Waals surface area contributed by atoms with E-state index in [-0.39, 0.29) is 12.1 Å². The molecule has 3 unspecified atom stereocenters. The van der Waals surface area contributed by atoms with Gasteiger partial charge >= 0.3 is 0 Å². The van der Waals surface area contributed by atoms with Crippen LogP contribution in [0.5, 0.6) is 0 Å². The minimum Gasteiger partial charge on any atom is -0.383 e. The third-order valence-electron chi connectivity index (χ3n) is 3.75. The summed E-state index contributed by atoms with van der Waals surface area (Å²) in [5, 5.41) is 0. The smallest absolute Gasteiger partial charge is 0.0615 e. The fraction of sp³-hybridized carbons (Fsp3) is 0.625. The van der Waals surface area contributed by atoms with Crippen LogP contribution >= 0.6 is 0 Å². The zero-order chi connectivity index (χ0) is 15.0. The molecule has 0 spiro atoms. The number of ether oxygens (including phenoxy) is 2. The van der Waals surface area contributed by atoms with Crippen LogP contribution in [0.2, 0.25) is 0 Å². The lowest BCUT2D eigenvalue weighted by Gasteiger charge is -2.37. The zero-order valence-electron chi connectivity index (χ0n) is 13.1. The first-order valence-electron chi connectivity index (χ1n) is 7.16. The highest BCUT2D eigenvalue weighted by Crippen LogP contribution is 2.20. The van der Waals surface area contributed by atoms with Crippen LogP contribution in [0.4, 0.5) is 0 Å². The SMILES string of the molecule is COCCN(C(C)COC)C(C)C(N)c1ccccc1. The van der Waals surface area contributed by atoms with Gasteiger partial charge in [0.15, 0.2) is 0 Å². The van der Waals surface area contributed by atoms with Crippen LogP contribution in [0.25, 0.3) is 0 Å². The summed E-state index contributed by atoms with van der Waals surface area (Å²) in [5.74, 6) is 0. The van der Waals surface area contributed by atoms with E-state index in [2.05, 4.69) is 30.9 Å². The fourth-order valence-corrected chi connectivity index (χ4v) is 2.52. The van der Waals surface area contributed by atoms with Crippen LogP contribution in [0, 0.1) is 0 Å². The summed E-state index contributed by atoms with van der Waals surface area (Å²) >= 11 is 0. The van der Waals surface area contributed by atoms with Gasteiger partial charge < -0.3 is 15.2 Å². The van der Waals surface area contributed by atoms with E-state index in [1.54, 1.807) is 14.2 Å². The van der Waals surface area contributed by atoms with Gasteiger partial charge in [-0.05, 0) is 19.4 Å². The predicted molar refractivity (Wildman–Crippen MR) is 82.8 cm³/mol. The molecule has 4 heteroatoms. The number of nitrogens with two attached hydrogens (primary N) is 1. The van der Waals surface area contributed by atoms with Gasteiger partial charge in [-0.15, -0.1) is 0 Å². The summed E-state index contributed by atoms with van der Waals surface area (Å²) in [7, 11) is 3.45. The van der Waals surface area contributed by atoms with Gasteiger partial charge in [0.1, 0.15) is 0 Å². The molecule has 0 saturated carbocycles. The maximum Gasteiger partial charge on any atom is 0.0615 e. The highest BCUT2D eigenvalue weighted by atomic mass is 16.5. The predicted octanol–water partition coefficient (Wildman–Crippen LogP) is 2.06. The fourth-order valence-electron chi connectivity index (χ4n) is 2.52. The van der Waals surface area contributed by atoms with Gasteiger partial charge in [-0.2, -0.15) is 0 Å². The second-order valence-corrected chi connectivity index (χ2v) is 5.21. The second-order valence-electron chi connectivity index (χ2n) is 5.21. The number of rotatable bonds is 9. The molecule has 3 atom stereocenters. The topological polar surface area (TPSA) is 47.7 Å². The van der Waals surface area contributed by atoms with Gasteiger partial charge in [0.25, 0.3) is 0 Å². The van der Waals surface area contributed by atoms with Crippen LogP contribution < -0.4 is 5.73 Å². The molecule has 0 saturated heterocycles. The number of benzene rings is 1. The zero-order valence-corrected chi connectivity index (χ0v) is 13.1. The molecule has 0 fully saturated rings. The standard InChI is InChI=1S/C16H28N2O2/c1-13(12-20-4)18(10-11-19-3)14(2)16(17)15-8-6-5-7-9-15/h5-9,13-14,16H,10-12,17H2,1-4H3. The average molecular weight is 280 g/mol. The van der Waals surface area contributed by atoms with Crippen LogP contribution in [0.1, 0.15) is 25.5 Å². The third-order valence-corrected chi connectivity index (χ3v) is 3.75. The Hall–Kier alpha value is -0.940. The van der Waals surface area contributed by atoms with Crippen molar-refractivity contribution in [1.29, 1.82) is 0 Å². The van der Waals surface area contributed by atoms with Gasteiger partial charge in [0.05, 0.1) is 13.2 Å². The van der Waals surface area contributed by atoms with Crippen molar-refractivity contribution in [2.75, 3.05) is 34.0 Å². The Bertz CT molecular complexity index is 359. The molecule has 4 nitrogen and oxygen atoms in total. The lowest BCUT2D eigenvalue weighted by Crippen LogP contribution is -2.48. The van der Waals surface area contributed by atoms with Crippen LogP contribution in [0.3, 0.4) is 0 Å². The van der Waals surface area contributed by atoms with Crippen molar-refractivity contribution in [1.82, 2.24) is 4.90 Å². The Balaban J connectivity index is 2.77. The largest absolute Gasteiger partial charge is 0.383 e. The van der Waals surface area contributed by atoms with E-state index < -0.39 is 0 Å². The normalized spacial score (nSPS) is 16.1. The highest BCUT2D eigenvalue weighted by molar-refractivity contribution is 5.20. The first-order chi connectivity index (χ1) is 9.61. The van der Waals surface area contributed by atoms with Gasteiger partial charge in [-0.25, -0.2) is 0 Å². The van der Waals surface area contributed by atoms with Crippen LogP contribution in [-0.2, 0) is 9.47 Å². The molecule has 0 aromatic heterocycles. The number of nitrogens with zero attached hydrogens (tertiary/aromatic N) is 1. The molecular formula is C16H28N2O2. The van der Waals surface area contributed by atoms with E-state index in [9.17, 15) is 0 Å². The second kappa shape index (κ2) is 9.08.